The number of unbranched alkanes of at least 4 members (excludes halogenated alkanes) is 1. The molecule has 1 N–H and O–H groups in total. The zero-order valence-electron chi connectivity index (χ0n) is 9.31. The summed E-state index contributed by atoms with van der Waals surface area (Å²) in [6.07, 6.45) is 10.0. The largest absolute Gasteiger partial charge is 0.314 e. The average molecular weight is 183 g/mol. The highest BCUT2D eigenvalue weighted by molar-refractivity contribution is 4.80. The van der Waals surface area contributed by atoms with Crippen LogP contribution in [0.1, 0.15) is 58.8 Å². The third-order valence-corrected chi connectivity index (χ3v) is 3.30. The van der Waals surface area contributed by atoms with Crippen molar-refractivity contribution in [2.45, 2.75) is 64.8 Å². The van der Waals surface area contributed by atoms with Crippen LogP contribution in [0.15, 0.2) is 0 Å². The zero-order valence-corrected chi connectivity index (χ0v) is 9.31. The van der Waals surface area contributed by atoms with Crippen LogP contribution in [0.5, 0.6) is 0 Å². The lowest BCUT2D eigenvalue weighted by Crippen LogP contribution is -2.34. The Morgan fingerprint density at radius 1 is 1.23 bits per heavy atom. The second kappa shape index (κ2) is 6.42. The van der Waals surface area contributed by atoms with Gasteiger partial charge in [0.2, 0.25) is 0 Å². The molecule has 0 aromatic heterocycles. The van der Waals surface area contributed by atoms with Crippen molar-refractivity contribution in [2.75, 3.05) is 6.54 Å². The summed E-state index contributed by atoms with van der Waals surface area (Å²) in [5.41, 5.74) is 0. The molecule has 1 atom stereocenters. The molecule has 0 saturated heterocycles. The molecule has 1 aliphatic rings. The molecule has 0 bridgehead atoms. The van der Waals surface area contributed by atoms with Crippen molar-refractivity contribution in [2.24, 2.45) is 5.92 Å². The van der Waals surface area contributed by atoms with E-state index in [1.165, 1.54) is 44.9 Å². The van der Waals surface area contributed by atoms with E-state index < -0.39 is 0 Å². The Kier molecular flexibility index (Phi) is 5.45. The molecule has 1 heteroatoms. The molecule has 78 valence electrons. The third kappa shape index (κ3) is 3.68. The van der Waals surface area contributed by atoms with Gasteiger partial charge in [-0.15, -0.1) is 0 Å². The lowest BCUT2D eigenvalue weighted by atomic mass is 9.93. The average Bonchev–Trinajstić information content (AvgIpc) is 2.65. The van der Waals surface area contributed by atoms with Gasteiger partial charge < -0.3 is 5.32 Å². The highest BCUT2D eigenvalue weighted by Crippen LogP contribution is 2.29. The number of rotatable bonds is 6. The molecule has 1 unspecified atom stereocenters. The molecule has 1 saturated carbocycles. The van der Waals surface area contributed by atoms with Gasteiger partial charge in [-0.25, -0.2) is 0 Å². The fourth-order valence-electron chi connectivity index (χ4n) is 2.55. The van der Waals surface area contributed by atoms with Gasteiger partial charge >= 0.3 is 0 Å². The minimum atomic E-state index is 0.826. The maximum Gasteiger partial charge on any atom is 0.00952 e. The van der Waals surface area contributed by atoms with E-state index in [0.29, 0.717) is 0 Å². The van der Waals surface area contributed by atoms with E-state index in [9.17, 15) is 0 Å². The molecule has 0 heterocycles. The van der Waals surface area contributed by atoms with Crippen molar-refractivity contribution in [1.29, 1.82) is 0 Å². The van der Waals surface area contributed by atoms with Gasteiger partial charge in [-0.3, -0.25) is 0 Å². The fraction of sp³-hybridized carbons (Fsp3) is 1.00. The number of nitrogens with one attached hydrogen (secondary N) is 1. The number of hydrogen-bond donors (Lipinski definition) is 1. The van der Waals surface area contributed by atoms with Crippen LogP contribution in [0.4, 0.5) is 0 Å². The van der Waals surface area contributed by atoms with Gasteiger partial charge in [-0.05, 0) is 31.7 Å². The molecule has 1 nitrogen and oxygen atoms in total. The summed E-state index contributed by atoms with van der Waals surface area (Å²) < 4.78 is 0. The standard InChI is InChI=1S/C12H25N/c1-3-5-10-12(13-4-2)11-8-6-7-9-11/h11-13H,3-10H2,1-2H3. The number of hydrogen-bond acceptors (Lipinski definition) is 1. The second-order valence-electron chi connectivity index (χ2n) is 4.35. The van der Waals surface area contributed by atoms with E-state index in [2.05, 4.69) is 19.2 Å². The van der Waals surface area contributed by atoms with E-state index in [-0.39, 0.29) is 0 Å². The highest BCUT2D eigenvalue weighted by Gasteiger charge is 2.23. The molecule has 0 spiro atoms. The van der Waals surface area contributed by atoms with Crippen LogP contribution in [-0.4, -0.2) is 12.6 Å². The van der Waals surface area contributed by atoms with Crippen molar-refractivity contribution in [3.8, 4) is 0 Å². The quantitative estimate of drug-likeness (QED) is 0.666. The summed E-state index contributed by atoms with van der Waals surface area (Å²) in [6, 6.07) is 0.826. The van der Waals surface area contributed by atoms with Gasteiger partial charge in [0.1, 0.15) is 0 Å². The van der Waals surface area contributed by atoms with Crippen LogP contribution < -0.4 is 5.32 Å². The molecule has 1 aliphatic carbocycles. The fourth-order valence-corrected chi connectivity index (χ4v) is 2.55. The molecule has 0 amide bonds. The molecule has 1 fully saturated rings. The van der Waals surface area contributed by atoms with Crippen LogP contribution in [0, 0.1) is 5.92 Å². The van der Waals surface area contributed by atoms with E-state index >= 15 is 0 Å². The summed E-state index contributed by atoms with van der Waals surface area (Å²) >= 11 is 0. The molecular weight excluding hydrogens is 158 g/mol. The van der Waals surface area contributed by atoms with Gasteiger partial charge in [0.25, 0.3) is 0 Å². The summed E-state index contributed by atoms with van der Waals surface area (Å²) in [7, 11) is 0. The van der Waals surface area contributed by atoms with Crippen LogP contribution in [0.25, 0.3) is 0 Å². The summed E-state index contributed by atoms with van der Waals surface area (Å²) in [4.78, 5) is 0. The van der Waals surface area contributed by atoms with Crippen molar-refractivity contribution in [3.05, 3.63) is 0 Å². The van der Waals surface area contributed by atoms with E-state index in [4.69, 9.17) is 0 Å². The Bertz CT molecular complexity index is 116. The first kappa shape index (κ1) is 11.0. The Morgan fingerprint density at radius 2 is 1.92 bits per heavy atom. The van der Waals surface area contributed by atoms with Gasteiger partial charge in [-0.1, -0.05) is 39.5 Å². The lowest BCUT2D eigenvalue weighted by Gasteiger charge is -2.24. The Hall–Kier alpha value is -0.0400. The Morgan fingerprint density at radius 3 is 2.46 bits per heavy atom. The predicted molar refractivity (Wildman–Crippen MR) is 58.9 cm³/mol. The normalized spacial score (nSPS) is 20.8. The molecular formula is C12H25N. The molecule has 0 aromatic rings. The van der Waals surface area contributed by atoms with Gasteiger partial charge in [0.15, 0.2) is 0 Å². The highest BCUT2D eigenvalue weighted by atomic mass is 14.9. The molecule has 0 radical (unpaired) electrons. The van der Waals surface area contributed by atoms with Crippen LogP contribution in [0.2, 0.25) is 0 Å². The van der Waals surface area contributed by atoms with Crippen LogP contribution >= 0.6 is 0 Å². The monoisotopic (exact) mass is 183 g/mol. The lowest BCUT2D eigenvalue weighted by molar-refractivity contribution is 0.338. The van der Waals surface area contributed by atoms with Crippen LogP contribution in [0.3, 0.4) is 0 Å². The predicted octanol–water partition coefficient (Wildman–Crippen LogP) is 3.34. The summed E-state index contributed by atoms with van der Waals surface area (Å²) in [5, 5.41) is 3.66. The summed E-state index contributed by atoms with van der Waals surface area (Å²) in [6.45, 7) is 5.66. The first-order chi connectivity index (χ1) is 6.38. The minimum absolute atomic E-state index is 0.826. The molecule has 0 aromatic carbocycles. The van der Waals surface area contributed by atoms with Gasteiger partial charge in [0, 0.05) is 6.04 Å². The summed E-state index contributed by atoms with van der Waals surface area (Å²) in [5.74, 6) is 0.992. The Balaban J connectivity index is 2.26. The molecule has 0 aliphatic heterocycles. The molecule has 13 heavy (non-hydrogen) atoms. The maximum atomic E-state index is 3.66. The van der Waals surface area contributed by atoms with E-state index in [1.807, 2.05) is 0 Å². The topological polar surface area (TPSA) is 12.0 Å². The first-order valence-electron chi connectivity index (χ1n) is 6.11. The smallest absolute Gasteiger partial charge is 0.00952 e. The first-order valence-corrected chi connectivity index (χ1v) is 6.11. The second-order valence-corrected chi connectivity index (χ2v) is 4.35. The minimum Gasteiger partial charge on any atom is -0.314 e. The van der Waals surface area contributed by atoms with Gasteiger partial charge in [0.05, 0.1) is 0 Å². The van der Waals surface area contributed by atoms with Crippen molar-refractivity contribution < 1.29 is 0 Å². The van der Waals surface area contributed by atoms with Crippen molar-refractivity contribution in [3.63, 3.8) is 0 Å². The third-order valence-electron chi connectivity index (χ3n) is 3.30. The van der Waals surface area contributed by atoms with Crippen molar-refractivity contribution >= 4 is 0 Å². The Labute approximate surface area is 83.3 Å². The van der Waals surface area contributed by atoms with Gasteiger partial charge in [-0.2, -0.15) is 0 Å². The van der Waals surface area contributed by atoms with Crippen molar-refractivity contribution in [1.82, 2.24) is 5.32 Å². The maximum absolute atomic E-state index is 3.66. The zero-order chi connectivity index (χ0) is 9.52. The van der Waals surface area contributed by atoms with E-state index in [1.54, 1.807) is 0 Å². The van der Waals surface area contributed by atoms with Crippen LogP contribution in [-0.2, 0) is 0 Å². The molecule has 1 rings (SSSR count). The van der Waals surface area contributed by atoms with E-state index in [0.717, 1.165) is 18.5 Å². The SMILES string of the molecule is CCCCC(NCC)C1CCCC1.